The maximum Gasteiger partial charge on any atom is 0.238 e. The molecular weight excluding hydrogens is 268 g/mol. The molecule has 1 saturated heterocycles. The number of benzene rings is 1. The third-order valence-electron chi connectivity index (χ3n) is 3.68. The predicted molar refractivity (Wildman–Crippen MR) is 84.6 cm³/mol. The number of nitrogens with one attached hydrogen (secondary N) is 1. The fraction of sp³-hybridized carbons (Fsp3) is 0.533. The first-order valence-electron chi connectivity index (χ1n) is 7.23. The van der Waals surface area contributed by atoms with Gasteiger partial charge in [-0.2, -0.15) is 0 Å². The Kier molecular flexibility index (Phi) is 5.41. The van der Waals surface area contributed by atoms with Crippen molar-refractivity contribution in [3.8, 4) is 5.75 Å². The molecule has 0 saturated carbocycles. The third kappa shape index (κ3) is 4.61. The Labute approximate surface area is 125 Å². The topological polar surface area (TPSA) is 70.8 Å². The van der Waals surface area contributed by atoms with Crippen LogP contribution in [0.25, 0.3) is 0 Å². The van der Waals surface area contributed by atoms with Crippen LogP contribution in [0.2, 0.25) is 0 Å². The Morgan fingerprint density at radius 1 is 1.33 bits per heavy atom. The van der Waals surface area contributed by atoms with Crippen molar-refractivity contribution in [2.24, 2.45) is 0 Å². The summed E-state index contributed by atoms with van der Waals surface area (Å²) in [6.07, 6.45) is 1.09. The molecule has 0 unspecified atom stereocenters. The van der Waals surface area contributed by atoms with Gasteiger partial charge in [-0.05, 0) is 44.8 Å². The summed E-state index contributed by atoms with van der Waals surface area (Å²) in [5.41, 5.74) is 6.97. The van der Waals surface area contributed by atoms with Crippen molar-refractivity contribution in [2.75, 3.05) is 57.9 Å². The monoisotopic (exact) mass is 292 g/mol. The van der Waals surface area contributed by atoms with E-state index in [1.165, 1.54) is 0 Å². The predicted octanol–water partition coefficient (Wildman–Crippen LogP) is 0.853. The van der Waals surface area contributed by atoms with Crippen LogP contribution in [0, 0.1) is 0 Å². The van der Waals surface area contributed by atoms with Crippen LogP contribution in [-0.4, -0.2) is 62.6 Å². The normalized spacial score (nSPS) is 17.2. The largest absolute Gasteiger partial charge is 0.495 e. The molecule has 1 aromatic carbocycles. The van der Waals surface area contributed by atoms with Gasteiger partial charge in [0.1, 0.15) is 5.75 Å². The van der Waals surface area contributed by atoms with E-state index < -0.39 is 0 Å². The highest BCUT2D eigenvalue weighted by Gasteiger charge is 2.16. The van der Waals surface area contributed by atoms with Gasteiger partial charge in [-0.3, -0.25) is 9.69 Å². The molecule has 0 atom stereocenters. The summed E-state index contributed by atoms with van der Waals surface area (Å²) in [5.74, 6) is 0.580. The molecule has 6 heteroatoms. The summed E-state index contributed by atoms with van der Waals surface area (Å²) in [4.78, 5) is 16.7. The Morgan fingerprint density at radius 2 is 2.14 bits per heavy atom. The standard InChI is InChI=1S/C15H24N4O2/c1-18-6-3-7-19(9-8-18)11-15(20)17-13-10-12(16)4-5-14(13)21-2/h4-5,10H,3,6-9,11,16H2,1-2H3,(H,17,20). The molecule has 1 fully saturated rings. The van der Waals surface area contributed by atoms with E-state index in [1.807, 2.05) is 0 Å². The Bertz CT molecular complexity index is 493. The van der Waals surface area contributed by atoms with E-state index in [-0.39, 0.29) is 5.91 Å². The molecule has 0 radical (unpaired) electrons. The highest BCUT2D eigenvalue weighted by molar-refractivity contribution is 5.94. The molecule has 0 spiro atoms. The molecule has 2 rings (SSSR count). The molecule has 116 valence electrons. The SMILES string of the molecule is COc1ccc(N)cc1NC(=O)CN1CCCN(C)CC1. The number of nitrogens with two attached hydrogens (primary N) is 1. The zero-order valence-electron chi connectivity index (χ0n) is 12.8. The van der Waals surface area contributed by atoms with Gasteiger partial charge < -0.3 is 20.7 Å². The van der Waals surface area contributed by atoms with Crippen molar-refractivity contribution in [3.63, 3.8) is 0 Å². The molecule has 21 heavy (non-hydrogen) atoms. The average molecular weight is 292 g/mol. The van der Waals surface area contributed by atoms with Gasteiger partial charge >= 0.3 is 0 Å². The van der Waals surface area contributed by atoms with Gasteiger partial charge in [0, 0.05) is 18.8 Å². The number of carbonyl (C=O) groups is 1. The van der Waals surface area contributed by atoms with Crippen LogP contribution in [-0.2, 0) is 4.79 Å². The van der Waals surface area contributed by atoms with Crippen LogP contribution in [0.3, 0.4) is 0 Å². The van der Waals surface area contributed by atoms with Gasteiger partial charge in [-0.1, -0.05) is 0 Å². The number of nitrogens with zero attached hydrogens (tertiary/aromatic N) is 2. The summed E-state index contributed by atoms with van der Waals surface area (Å²) in [7, 11) is 3.69. The lowest BCUT2D eigenvalue weighted by molar-refractivity contribution is -0.117. The number of hydrogen-bond acceptors (Lipinski definition) is 5. The van der Waals surface area contributed by atoms with Crippen LogP contribution in [0.15, 0.2) is 18.2 Å². The molecular formula is C15H24N4O2. The lowest BCUT2D eigenvalue weighted by atomic mass is 10.2. The average Bonchev–Trinajstić information content (AvgIpc) is 2.64. The molecule has 3 N–H and O–H groups in total. The number of likely N-dealkylation sites (N-methyl/N-ethyl adjacent to an activating group) is 1. The summed E-state index contributed by atoms with van der Waals surface area (Å²) < 4.78 is 5.23. The highest BCUT2D eigenvalue weighted by Crippen LogP contribution is 2.26. The molecule has 1 heterocycles. The van der Waals surface area contributed by atoms with Gasteiger partial charge in [0.2, 0.25) is 5.91 Å². The summed E-state index contributed by atoms with van der Waals surface area (Å²) in [6, 6.07) is 5.22. The molecule has 1 aliphatic heterocycles. The lowest BCUT2D eigenvalue weighted by Gasteiger charge is -2.20. The van der Waals surface area contributed by atoms with E-state index in [2.05, 4.69) is 22.2 Å². The minimum atomic E-state index is -0.0385. The first kappa shape index (κ1) is 15.6. The molecule has 1 aromatic rings. The fourth-order valence-electron chi connectivity index (χ4n) is 2.47. The summed E-state index contributed by atoms with van der Waals surface area (Å²) >= 11 is 0. The van der Waals surface area contributed by atoms with Gasteiger partial charge in [-0.15, -0.1) is 0 Å². The van der Waals surface area contributed by atoms with E-state index in [0.717, 1.165) is 32.6 Å². The molecule has 1 amide bonds. The van der Waals surface area contributed by atoms with Crippen molar-refractivity contribution in [3.05, 3.63) is 18.2 Å². The zero-order chi connectivity index (χ0) is 15.2. The Morgan fingerprint density at radius 3 is 2.90 bits per heavy atom. The number of anilines is 2. The fourth-order valence-corrected chi connectivity index (χ4v) is 2.47. The summed E-state index contributed by atoms with van der Waals surface area (Å²) in [5, 5.41) is 2.88. The van der Waals surface area contributed by atoms with Gasteiger partial charge in [0.25, 0.3) is 0 Å². The van der Waals surface area contributed by atoms with E-state index in [1.54, 1.807) is 25.3 Å². The van der Waals surface area contributed by atoms with Gasteiger partial charge in [0.15, 0.2) is 0 Å². The van der Waals surface area contributed by atoms with Gasteiger partial charge in [0.05, 0.1) is 19.3 Å². The lowest BCUT2D eigenvalue weighted by Crippen LogP contribution is -2.35. The summed E-state index contributed by atoms with van der Waals surface area (Å²) in [6.45, 7) is 4.34. The van der Waals surface area contributed by atoms with E-state index in [0.29, 0.717) is 23.7 Å². The number of nitrogen functional groups attached to an aromatic ring is 1. The smallest absolute Gasteiger partial charge is 0.238 e. The second kappa shape index (κ2) is 7.28. The Hall–Kier alpha value is -1.79. The number of amides is 1. The maximum atomic E-state index is 12.2. The third-order valence-corrected chi connectivity index (χ3v) is 3.68. The molecule has 6 nitrogen and oxygen atoms in total. The van der Waals surface area contributed by atoms with Crippen molar-refractivity contribution < 1.29 is 9.53 Å². The van der Waals surface area contributed by atoms with Crippen LogP contribution >= 0.6 is 0 Å². The quantitative estimate of drug-likeness (QED) is 0.805. The first-order valence-corrected chi connectivity index (χ1v) is 7.23. The van der Waals surface area contributed by atoms with Crippen molar-refractivity contribution >= 4 is 17.3 Å². The Balaban J connectivity index is 1.93. The van der Waals surface area contributed by atoms with Crippen LogP contribution in [0.1, 0.15) is 6.42 Å². The molecule has 1 aliphatic rings. The highest BCUT2D eigenvalue weighted by atomic mass is 16.5. The second-order valence-electron chi connectivity index (χ2n) is 5.44. The second-order valence-corrected chi connectivity index (χ2v) is 5.44. The minimum Gasteiger partial charge on any atom is -0.495 e. The van der Waals surface area contributed by atoms with E-state index in [4.69, 9.17) is 10.5 Å². The van der Waals surface area contributed by atoms with Crippen molar-refractivity contribution in [1.29, 1.82) is 0 Å². The number of hydrogen-bond donors (Lipinski definition) is 2. The zero-order valence-corrected chi connectivity index (χ0v) is 12.8. The number of methoxy groups -OCH3 is 1. The van der Waals surface area contributed by atoms with Crippen LogP contribution in [0.5, 0.6) is 5.75 Å². The van der Waals surface area contributed by atoms with Crippen molar-refractivity contribution in [1.82, 2.24) is 9.80 Å². The molecule has 0 aromatic heterocycles. The van der Waals surface area contributed by atoms with Crippen LogP contribution in [0.4, 0.5) is 11.4 Å². The molecule has 0 bridgehead atoms. The maximum absolute atomic E-state index is 12.2. The number of carbonyl (C=O) groups excluding carboxylic acids is 1. The molecule has 0 aliphatic carbocycles. The first-order chi connectivity index (χ1) is 10.1. The number of rotatable bonds is 4. The van der Waals surface area contributed by atoms with Crippen LogP contribution < -0.4 is 15.8 Å². The van der Waals surface area contributed by atoms with E-state index >= 15 is 0 Å². The number of ether oxygens (including phenoxy) is 1. The van der Waals surface area contributed by atoms with Crippen molar-refractivity contribution in [2.45, 2.75) is 6.42 Å². The minimum absolute atomic E-state index is 0.0385. The van der Waals surface area contributed by atoms with Gasteiger partial charge in [-0.25, -0.2) is 0 Å². The van der Waals surface area contributed by atoms with E-state index in [9.17, 15) is 4.79 Å².